The van der Waals surface area contributed by atoms with Crippen molar-refractivity contribution in [3.8, 4) is 17.0 Å². The molecule has 2 N–H and O–H groups in total. The molecule has 0 spiro atoms. The first-order valence-electron chi connectivity index (χ1n) is 12.6. The normalized spacial score (nSPS) is 14.5. The van der Waals surface area contributed by atoms with Gasteiger partial charge in [-0.1, -0.05) is 66.7 Å². The smallest absolute Gasteiger partial charge is 0.255 e. The summed E-state index contributed by atoms with van der Waals surface area (Å²) >= 11 is 0. The second-order valence-corrected chi connectivity index (χ2v) is 9.34. The van der Waals surface area contributed by atoms with Crippen LogP contribution in [-0.4, -0.2) is 35.4 Å². The number of hydrogen-bond acceptors (Lipinski definition) is 3. The number of rotatable bonds is 7. The Morgan fingerprint density at radius 3 is 2.53 bits per heavy atom. The molecular formula is C32H27N3O3. The van der Waals surface area contributed by atoms with E-state index < -0.39 is 0 Å². The number of nitrogens with one attached hydrogen (secondary N) is 2. The summed E-state index contributed by atoms with van der Waals surface area (Å²) in [5, 5.41) is 3.97. The minimum atomic E-state index is -0.347. The lowest BCUT2D eigenvalue weighted by molar-refractivity contribution is -0.116. The van der Waals surface area contributed by atoms with Crippen molar-refractivity contribution in [2.75, 3.05) is 19.0 Å². The molecule has 1 aromatic heterocycles. The van der Waals surface area contributed by atoms with Gasteiger partial charge in [-0.25, -0.2) is 0 Å². The van der Waals surface area contributed by atoms with Crippen molar-refractivity contribution in [1.82, 2.24) is 9.88 Å². The molecule has 4 aromatic carbocycles. The summed E-state index contributed by atoms with van der Waals surface area (Å²) in [6.07, 6.45) is 0.183. The largest absolute Gasteiger partial charge is 0.497 e. The summed E-state index contributed by atoms with van der Waals surface area (Å²) in [6.45, 7) is 0.286. The Morgan fingerprint density at radius 1 is 0.921 bits per heavy atom. The maximum absolute atomic E-state index is 13.7. The van der Waals surface area contributed by atoms with Crippen molar-refractivity contribution in [3.05, 3.63) is 120 Å². The van der Waals surface area contributed by atoms with Crippen LogP contribution in [0.1, 0.15) is 33.9 Å². The molecule has 6 heteroatoms. The molecule has 5 aromatic rings. The van der Waals surface area contributed by atoms with E-state index in [4.69, 9.17) is 4.74 Å². The van der Waals surface area contributed by atoms with E-state index in [9.17, 15) is 9.59 Å². The molecular weight excluding hydrogens is 474 g/mol. The summed E-state index contributed by atoms with van der Waals surface area (Å²) in [5.41, 5.74) is 6.24. The van der Waals surface area contributed by atoms with Gasteiger partial charge in [0.05, 0.1) is 18.8 Å². The quantitative estimate of drug-likeness (QED) is 0.270. The van der Waals surface area contributed by atoms with Gasteiger partial charge < -0.3 is 19.9 Å². The summed E-state index contributed by atoms with van der Waals surface area (Å²) < 4.78 is 5.50. The Labute approximate surface area is 220 Å². The summed E-state index contributed by atoms with van der Waals surface area (Å²) in [4.78, 5) is 32.0. The van der Waals surface area contributed by atoms with Gasteiger partial charge in [-0.2, -0.15) is 0 Å². The molecule has 6 rings (SSSR count). The predicted octanol–water partition coefficient (Wildman–Crippen LogP) is 6.42. The maximum atomic E-state index is 13.7. The molecule has 0 saturated carbocycles. The molecule has 1 unspecified atom stereocenters. The highest BCUT2D eigenvalue weighted by atomic mass is 16.5. The third-order valence-electron chi connectivity index (χ3n) is 7.07. The van der Waals surface area contributed by atoms with Crippen LogP contribution in [0.5, 0.6) is 5.75 Å². The monoisotopic (exact) mass is 501 g/mol. The number of amides is 2. The van der Waals surface area contributed by atoms with E-state index >= 15 is 0 Å². The molecule has 2 amide bonds. The van der Waals surface area contributed by atoms with Crippen molar-refractivity contribution in [2.45, 2.75) is 12.5 Å². The average molecular weight is 502 g/mol. The van der Waals surface area contributed by atoms with Crippen LogP contribution in [0.2, 0.25) is 0 Å². The van der Waals surface area contributed by atoms with E-state index in [1.54, 1.807) is 7.11 Å². The Kier molecular flexibility index (Phi) is 6.14. The Balaban J connectivity index is 1.43. The molecule has 188 valence electrons. The van der Waals surface area contributed by atoms with Crippen molar-refractivity contribution in [2.24, 2.45) is 0 Å². The number of fused-ring (bicyclic) bond motifs is 2. The van der Waals surface area contributed by atoms with E-state index in [2.05, 4.69) is 16.4 Å². The number of hydrogen-bond donors (Lipinski definition) is 2. The molecule has 1 atom stereocenters. The first-order valence-corrected chi connectivity index (χ1v) is 12.6. The number of methoxy groups -OCH3 is 1. The fourth-order valence-electron chi connectivity index (χ4n) is 5.33. The Bertz CT molecular complexity index is 1640. The Hall–Kier alpha value is -4.84. The van der Waals surface area contributed by atoms with Crippen LogP contribution in [-0.2, 0) is 4.79 Å². The number of aromatic amines is 1. The van der Waals surface area contributed by atoms with Crippen molar-refractivity contribution >= 4 is 28.4 Å². The molecule has 6 nitrogen and oxygen atoms in total. The summed E-state index contributed by atoms with van der Waals surface area (Å²) in [5.74, 6) is 0.551. The van der Waals surface area contributed by atoms with Gasteiger partial charge in [0.1, 0.15) is 5.75 Å². The highest BCUT2D eigenvalue weighted by molar-refractivity contribution is 6.02. The number of carbonyl (C=O) groups is 2. The number of nitrogens with zero attached hydrogens (tertiary/aromatic N) is 1. The zero-order chi connectivity index (χ0) is 26.1. The molecule has 2 heterocycles. The van der Waals surface area contributed by atoms with Gasteiger partial charge in [-0.3, -0.25) is 9.59 Å². The summed E-state index contributed by atoms with van der Waals surface area (Å²) in [6, 6.07) is 32.8. The minimum absolute atomic E-state index is 0.0695. The van der Waals surface area contributed by atoms with Crippen molar-refractivity contribution in [3.63, 3.8) is 0 Å². The second-order valence-electron chi connectivity index (χ2n) is 9.34. The number of H-pyrrole nitrogens is 1. The van der Waals surface area contributed by atoms with Gasteiger partial charge in [0.2, 0.25) is 5.91 Å². The van der Waals surface area contributed by atoms with Gasteiger partial charge in [0, 0.05) is 46.2 Å². The standard InChI is InChI=1S/C32H27N3O3/c1-38-23-13-9-10-21(20-23)30-29(26-16-7-8-17-27(26)34-30)31-24-14-5-6-15-25(24)32(37)35(31)19-18-28(36)33-22-11-3-2-4-12-22/h2-17,20,31,34H,18-19H2,1H3,(H,33,36). The van der Waals surface area contributed by atoms with Crippen molar-refractivity contribution in [1.29, 1.82) is 0 Å². The van der Waals surface area contributed by atoms with E-state index in [0.717, 1.165) is 44.7 Å². The van der Waals surface area contributed by atoms with E-state index in [1.807, 2.05) is 102 Å². The number of carbonyl (C=O) groups excluding carboxylic acids is 2. The average Bonchev–Trinajstić information content (AvgIpc) is 3.47. The van der Waals surface area contributed by atoms with Gasteiger partial charge in [0.15, 0.2) is 0 Å². The van der Waals surface area contributed by atoms with Crippen LogP contribution in [0.4, 0.5) is 5.69 Å². The molecule has 0 fully saturated rings. The van der Waals surface area contributed by atoms with Crippen LogP contribution in [0.25, 0.3) is 22.2 Å². The SMILES string of the molecule is COc1cccc(-c2[nH]c3ccccc3c2C2c3ccccc3C(=O)N2CCC(=O)Nc2ccccc2)c1. The molecule has 0 bridgehead atoms. The van der Waals surface area contributed by atoms with E-state index in [0.29, 0.717) is 5.56 Å². The molecule has 1 aliphatic rings. The third kappa shape index (κ3) is 4.20. The van der Waals surface area contributed by atoms with Gasteiger partial charge in [-0.05, 0) is 42.0 Å². The second kappa shape index (κ2) is 9.90. The van der Waals surface area contributed by atoms with Crippen molar-refractivity contribution < 1.29 is 14.3 Å². The van der Waals surface area contributed by atoms with Crippen LogP contribution in [0.3, 0.4) is 0 Å². The molecule has 0 aliphatic carbocycles. The fraction of sp³-hybridized carbons (Fsp3) is 0.125. The van der Waals surface area contributed by atoms with Gasteiger partial charge >= 0.3 is 0 Å². The lowest BCUT2D eigenvalue weighted by atomic mass is 9.93. The molecule has 38 heavy (non-hydrogen) atoms. The maximum Gasteiger partial charge on any atom is 0.255 e. The van der Waals surface area contributed by atoms with Crippen LogP contribution >= 0.6 is 0 Å². The number of aromatic nitrogens is 1. The number of para-hydroxylation sites is 2. The van der Waals surface area contributed by atoms with E-state index in [1.165, 1.54) is 0 Å². The first-order chi connectivity index (χ1) is 18.6. The number of anilines is 1. The summed E-state index contributed by atoms with van der Waals surface area (Å²) in [7, 11) is 1.65. The molecule has 1 aliphatic heterocycles. The fourth-order valence-corrected chi connectivity index (χ4v) is 5.33. The molecule has 0 saturated heterocycles. The predicted molar refractivity (Wildman–Crippen MR) is 149 cm³/mol. The topological polar surface area (TPSA) is 74.4 Å². The highest BCUT2D eigenvalue weighted by Gasteiger charge is 2.40. The lowest BCUT2D eigenvalue weighted by Gasteiger charge is -2.26. The third-order valence-corrected chi connectivity index (χ3v) is 7.07. The molecule has 0 radical (unpaired) electrons. The van der Waals surface area contributed by atoms with E-state index in [-0.39, 0.29) is 30.8 Å². The van der Waals surface area contributed by atoms with Crippen LogP contribution in [0.15, 0.2) is 103 Å². The zero-order valence-electron chi connectivity index (χ0n) is 21.0. The lowest BCUT2D eigenvalue weighted by Crippen LogP contribution is -2.32. The van der Waals surface area contributed by atoms with Crippen LogP contribution in [0, 0.1) is 0 Å². The highest BCUT2D eigenvalue weighted by Crippen LogP contribution is 2.45. The van der Waals surface area contributed by atoms with Gasteiger partial charge in [-0.15, -0.1) is 0 Å². The van der Waals surface area contributed by atoms with Crippen LogP contribution < -0.4 is 10.1 Å². The zero-order valence-corrected chi connectivity index (χ0v) is 21.0. The number of benzene rings is 4. The van der Waals surface area contributed by atoms with Gasteiger partial charge in [0.25, 0.3) is 5.91 Å². The number of ether oxygens (including phenoxy) is 1. The minimum Gasteiger partial charge on any atom is -0.497 e. The Morgan fingerprint density at radius 2 is 1.68 bits per heavy atom. The first kappa shape index (κ1) is 23.6.